The van der Waals surface area contributed by atoms with E-state index in [4.69, 9.17) is 0 Å². The highest BCUT2D eigenvalue weighted by Crippen LogP contribution is 2.22. The summed E-state index contributed by atoms with van der Waals surface area (Å²) in [5.74, 6) is 0.404. The number of pyridine rings is 2. The Balaban J connectivity index is 0.000000270. The van der Waals surface area contributed by atoms with E-state index in [0.717, 1.165) is 0 Å². The Hall–Kier alpha value is -1.70. The van der Waals surface area contributed by atoms with Crippen molar-refractivity contribution in [3.8, 4) is 0 Å². The van der Waals surface area contributed by atoms with Gasteiger partial charge in [-0.15, -0.1) is 0 Å². The van der Waals surface area contributed by atoms with E-state index >= 15 is 0 Å². The summed E-state index contributed by atoms with van der Waals surface area (Å²) in [4.78, 5) is 8.02. The van der Waals surface area contributed by atoms with Crippen LogP contribution in [0.4, 0.5) is 0 Å². The van der Waals surface area contributed by atoms with Crippen molar-refractivity contribution in [2.45, 2.75) is 58.8 Å². The predicted molar refractivity (Wildman–Crippen MR) is 90.4 cm³/mol. The summed E-state index contributed by atoms with van der Waals surface area (Å²) in [5, 5.41) is 0. The number of nitrogens with zero attached hydrogens (tertiary/aromatic N) is 2. The third-order valence-electron chi connectivity index (χ3n) is 3.62. The highest BCUT2D eigenvalue weighted by atomic mass is 14.6. The van der Waals surface area contributed by atoms with E-state index in [2.05, 4.69) is 30.7 Å². The smallest absolute Gasteiger partial charge is 0.0270 e. The first-order valence-corrected chi connectivity index (χ1v) is 8.09. The largest absolute Gasteiger partial charge is 0.265 e. The Labute approximate surface area is 129 Å². The van der Waals surface area contributed by atoms with E-state index in [9.17, 15) is 0 Å². The minimum atomic E-state index is 0.404. The molecule has 2 heteroatoms. The Kier molecular flexibility index (Phi) is 9.10. The van der Waals surface area contributed by atoms with Gasteiger partial charge in [0.15, 0.2) is 0 Å². The maximum atomic E-state index is 4.01. The van der Waals surface area contributed by atoms with Gasteiger partial charge in [0, 0.05) is 30.7 Å². The minimum Gasteiger partial charge on any atom is -0.265 e. The van der Waals surface area contributed by atoms with Crippen LogP contribution in [0.1, 0.15) is 69.9 Å². The van der Waals surface area contributed by atoms with Crippen molar-refractivity contribution in [2.24, 2.45) is 0 Å². The first kappa shape index (κ1) is 17.4. The van der Waals surface area contributed by atoms with Crippen LogP contribution in [0.3, 0.4) is 0 Å². The van der Waals surface area contributed by atoms with E-state index in [0.29, 0.717) is 5.92 Å². The molecular formula is C19H28N2. The molecule has 0 N–H and O–H groups in total. The second-order valence-corrected chi connectivity index (χ2v) is 5.34. The van der Waals surface area contributed by atoms with Crippen LogP contribution in [0.25, 0.3) is 0 Å². The van der Waals surface area contributed by atoms with Gasteiger partial charge in [0.2, 0.25) is 0 Å². The summed E-state index contributed by atoms with van der Waals surface area (Å²) >= 11 is 0. The van der Waals surface area contributed by atoms with Gasteiger partial charge in [0.05, 0.1) is 0 Å². The molecule has 0 bridgehead atoms. The molecule has 0 amide bonds. The Morgan fingerprint density at radius 1 is 0.714 bits per heavy atom. The maximum Gasteiger partial charge on any atom is 0.0270 e. The zero-order valence-corrected chi connectivity index (χ0v) is 13.6. The van der Waals surface area contributed by atoms with E-state index in [-0.39, 0.29) is 0 Å². The second-order valence-electron chi connectivity index (χ2n) is 5.34. The van der Waals surface area contributed by atoms with Crippen LogP contribution in [0.15, 0.2) is 49.1 Å². The van der Waals surface area contributed by atoms with Crippen LogP contribution in [0.5, 0.6) is 0 Å². The van der Waals surface area contributed by atoms with Crippen molar-refractivity contribution in [1.29, 1.82) is 0 Å². The van der Waals surface area contributed by atoms with Gasteiger partial charge in [-0.3, -0.25) is 9.97 Å². The molecule has 0 atom stereocenters. The lowest BCUT2D eigenvalue weighted by Gasteiger charge is -2.10. The Bertz CT molecular complexity index is 410. The molecule has 0 aliphatic carbocycles. The lowest BCUT2D eigenvalue weighted by molar-refractivity contribution is 0.656. The summed E-state index contributed by atoms with van der Waals surface area (Å²) in [6.45, 7) is 6.68. The normalized spacial score (nSPS) is 10.1. The SMILES string of the molecule is CC(c1ccncc1)c1ccncc1.CCCCCCC. The van der Waals surface area contributed by atoms with E-state index in [1.54, 1.807) is 0 Å². The van der Waals surface area contributed by atoms with Crippen molar-refractivity contribution >= 4 is 0 Å². The monoisotopic (exact) mass is 284 g/mol. The van der Waals surface area contributed by atoms with Crippen LogP contribution in [-0.2, 0) is 0 Å². The predicted octanol–water partition coefficient (Wildman–Crippen LogP) is 5.61. The summed E-state index contributed by atoms with van der Waals surface area (Å²) in [6, 6.07) is 8.19. The molecule has 2 nitrogen and oxygen atoms in total. The average Bonchev–Trinajstić information content (AvgIpc) is 2.57. The van der Waals surface area contributed by atoms with Crippen LogP contribution < -0.4 is 0 Å². The third kappa shape index (κ3) is 7.03. The molecular weight excluding hydrogens is 256 g/mol. The van der Waals surface area contributed by atoms with E-state index in [1.807, 2.05) is 49.1 Å². The lowest BCUT2D eigenvalue weighted by Crippen LogP contribution is -1.95. The first-order chi connectivity index (χ1) is 10.3. The molecule has 114 valence electrons. The number of hydrogen-bond acceptors (Lipinski definition) is 2. The van der Waals surface area contributed by atoms with Crippen LogP contribution in [0, 0.1) is 0 Å². The third-order valence-corrected chi connectivity index (χ3v) is 3.62. The Morgan fingerprint density at radius 2 is 1.10 bits per heavy atom. The molecule has 0 saturated carbocycles. The average molecular weight is 284 g/mol. The van der Waals surface area contributed by atoms with Gasteiger partial charge in [-0.05, 0) is 35.4 Å². The summed E-state index contributed by atoms with van der Waals surface area (Å²) in [5.41, 5.74) is 2.57. The van der Waals surface area contributed by atoms with Gasteiger partial charge in [-0.1, -0.05) is 52.9 Å². The van der Waals surface area contributed by atoms with Crippen LogP contribution >= 0.6 is 0 Å². The molecule has 0 unspecified atom stereocenters. The molecule has 0 aliphatic rings. The van der Waals surface area contributed by atoms with Crippen molar-refractivity contribution in [2.75, 3.05) is 0 Å². The van der Waals surface area contributed by atoms with Crippen molar-refractivity contribution < 1.29 is 0 Å². The summed E-state index contributed by atoms with van der Waals surface area (Å²) < 4.78 is 0. The van der Waals surface area contributed by atoms with Gasteiger partial charge in [0.1, 0.15) is 0 Å². The number of rotatable bonds is 6. The van der Waals surface area contributed by atoms with Gasteiger partial charge in [-0.25, -0.2) is 0 Å². The number of hydrogen-bond donors (Lipinski definition) is 0. The molecule has 2 aromatic heterocycles. The standard InChI is InChI=1S/C12H12N2.C7H16/c1-10(11-2-6-13-7-3-11)12-4-8-14-9-5-12;1-3-5-7-6-4-2/h2-10H,1H3;3-7H2,1-2H3. The molecule has 0 radical (unpaired) electrons. The fourth-order valence-corrected chi connectivity index (χ4v) is 2.17. The van der Waals surface area contributed by atoms with E-state index in [1.165, 1.54) is 43.2 Å². The molecule has 0 fully saturated rings. The van der Waals surface area contributed by atoms with Crippen molar-refractivity contribution in [3.05, 3.63) is 60.2 Å². The van der Waals surface area contributed by atoms with Crippen LogP contribution in [0.2, 0.25) is 0 Å². The zero-order valence-electron chi connectivity index (χ0n) is 13.6. The highest BCUT2D eigenvalue weighted by Gasteiger charge is 2.06. The quantitative estimate of drug-likeness (QED) is 0.645. The van der Waals surface area contributed by atoms with E-state index < -0.39 is 0 Å². The lowest BCUT2D eigenvalue weighted by atomic mass is 9.95. The topological polar surface area (TPSA) is 25.8 Å². The summed E-state index contributed by atoms with van der Waals surface area (Å²) in [7, 11) is 0. The molecule has 0 saturated heterocycles. The fourth-order valence-electron chi connectivity index (χ4n) is 2.17. The molecule has 2 heterocycles. The van der Waals surface area contributed by atoms with Gasteiger partial charge in [-0.2, -0.15) is 0 Å². The first-order valence-electron chi connectivity index (χ1n) is 8.09. The molecule has 2 aromatic rings. The summed E-state index contributed by atoms with van der Waals surface area (Å²) in [6.07, 6.45) is 14.3. The zero-order chi connectivity index (χ0) is 15.3. The Morgan fingerprint density at radius 3 is 1.43 bits per heavy atom. The number of aromatic nitrogens is 2. The van der Waals surface area contributed by atoms with Crippen molar-refractivity contribution in [1.82, 2.24) is 9.97 Å². The van der Waals surface area contributed by atoms with Gasteiger partial charge in [0.25, 0.3) is 0 Å². The highest BCUT2D eigenvalue weighted by molar-refractivity contribution is 5.28. The molecule has 2 rings (SSSR count). The number of unbranched alkanes of at least 4 members (excludes halogenated alkanes) is 4. The second kappa shape index (κ2) is 11.0. The van der Waals surface area contributed by atoms with Crippen LogP contribution in [-0.4, -0.2) is 9.97 Å². The molecule has 0 spiro atoms. The fraction of sp³-hybridized carbons (Fsp3) is 0.474. The molecule has 0 aliphatic heterocycles. The minimum absolute atomic E-state index is 0.404. The molecule has 0 aromatic carbocycles. The van der Waals surface area contributed by atoms with Crippen molar-refractivity contribution in [3.63, 3.8) is 0 Å². The maximum absolute atomic E-state index is 4.01. The van der Waals surface area contributed by atoms with Gasteiger partial charge >= 0.3 is 0 Å². The van der Waals surface area contributed by atoms with Gasteiger partial charge < -0.3 is 0 Å². The molecule has 21 heavy (non-hydrogen) atoms.